The molecule has 0 spiro atoms. The van der Waals surface area contributed by atoms with Crippen LogP contribution >= 0.6 is 0 Å². The van der Waals surface area contributed by atoms with Gasteiger partial charge in [0.2, 0.25) is 0 Å². The summed E-state index contributed by atoms with van der Waals surface area (Å²) in [5.41, 5.74) is 9.73. The van der Waals surface area contributed by atoms with Gasteiger partial charge in [-0.15, -0.1) is 0 Å². The van der Waals surface area contributed by atoms with Crippen LogP contribution < -0.4 is 5.73 Å². The average Bonchev–Trinajstić information content (AvgIpc) is 2.77. The number of nitrogens with one attached hydrogen (secondary N) is 1. The van der Waals surface area contributed by atoms with Gasteiger partial charge in [0.1, 0.15) is 0 Å². The van der Waals surface area contributed by atoms with Crippen LogP contribution in [0.15, 0.2) is 18.2 Å². The SMILES string of the molecule is CCOC(=O)c1ccc2[nH]c(CC)c(CCN)c2c1. The van der Waals surface area contributed by atoms with Crippen molar-refractivity contribution in [1.82, 2.24) is 4.98 Å². The van der Waals surface area contributed by atoms with Crippen LogP contribution in [0.2, 0.25) is 0 Å². The molecule has 0 fully saturated rings. The molecule has 19 heavy (non-hydrogen) atoms. The molecule has 3 N–H and O–H groups in total. The highest BCUT2D eigenvalue weighted by molar-refractivity contribution is 5.96. The number of benzene rings is 1. The molecule has 102 valence electrons. The lowest BCUT2D eigenvalue weighted by atomic mass is 10.0. The molecule has 0 amide bonds. The monoisotopic (exact) mass is 260 g/mol. The Morgan fingerprint density at radius 2 is 2.16 bits per heavy atom. The van der Waals surface area contributed by atoms with Gasteiger partial charge in [-0.3, -0.25) is 0 Å². The number of hydrogen-bond acceptors (Lipinski definition) is 3. The minimum absolute atomic E-state index is 0.276. The van der Waals surface area contributed by atoms with Gasteiger partial charge < -0.3 is 15.5 Å². The van der Waals surface area contributed by atoms with Crippen LogP contribution in [0, 0.1) is 0 Å². The third-order valence-corrected chi connectivity index (χ3v) is 3.25. The Bertz CT molecular complexity index is 587. The molecule has 1 aromatic carbocycles. The lowest BCUT2D eigenvalue weighted by Gasteiger charge is -2.03. The number of rotatable bonds is 5. The maximum absolute atomic E-state index is 11.8. The molecule has 0 radical (unpaired) electrons. The van der Waals surface area contributed by atoms with Crippen LogP contribution in [0.5, 0.6) is 0 Å². The number of aromatic nitrogens is 1. The summed E-state index contributed by atoms with van der Waals surface area (Å²) in [5.74, 6) is -0.276. The van der Waals surface area contributed by atoms with Gasteiger partial charge in [0.25, 0.3) is 0 Å². The molecule has 0 aliphatic carbocycles. The lowest BCUT2D eigenvalue weighted by Crippen LogP contribution is -2.05. The normalized spacial score (nSPS) is 10.9. The van der Waals surface area contributed by atoms with Crippen LogP contribution in [0.4, 0.5) is 0 Å². The van der Waals surface area contributed by atoms with Gasteiger partial charge in [0.05, 0.1) is 12.2 Å². The molecule has 2 rings (SSSR count). The van der Waals surface area contributed by atoms with Gasteiger partial charge in [-0.1, -0.05) is 6.92 Å². The topological polar surface area (TPSA) is 68.1 Å². The minimum Gasteiger partial charge on any atom is -0.462 e. The van der Waals surface area contributed by atoms with Crippen molar-refractivity contribution in [2.24, 2.45) is 5.73 Å². The van der Waals surface area contributed by atoms with E-state index in [1.165, 1.54) is 11.3 Å². The standard InChI is InChI=1S/C15H20N2O2/c1-3-13-11(7-8-16)12-9-10(15(18)19-4-2)5-6-14(12)17-13/h5-6,9,17H,3-4,7-8,16H2,1-2H3. The van der Waals surface area contributed by atoms with Crippen molar-refractivity contribution in [2.45, 2.75) is 26.7 Å². The molecule has 0 saturated heterocycles. The number of aromatic amines is 1. The summed E-state index contributed by atoms with van der Waals surface area (Å²) >= 11 is 0. The van der Waals surface area contributed by atoms with Crippen LogP contribution in [0.3, 0.4) is 0 Å². The van der Waals surface area contributed by atoms with E-state index in [1.54, 1.807) is 6.07 Å². The van der Waals surface area contributed by atoms with E-state index in [9.17, 15) is 4.79 Å². The second kappa shape index (κ2) is 5.89. The van der Waals surface area contributed by atoms with Crippen molar-refractivity contribution in [3.63, 3.8) is 0 Å². The summed E-state index contributed by atoms with van der Waals surface area (Å²) in [4.78, 5) is 15.2. The number of aryl methyl sites for hydroxylation is 1. The maximum atomic E-state index is 11.8. The van der Waals surface area contributed by atoms with Crippen molar-refractivity contribution in [1.29, 1.82) is 0 Å². The Labute approximate surface area is 112 Å². The smallest absolute Gasteiger partial charge is 0.338 e. The lowest BCUT2D eigenvalue weighted by molar-refractivity contribution is 0.0526. The maximum Gasteiger partial charge on any atom is 0.338 e. The fourth-order valence-corrected chi connectivity index (χ4v) is 2.38. The zero-order valence-electron chi connectivity index (χ0n) is 11.5. The Morgan fingerprint density at radius 1 is 1.37 bits per heavy atom. The van der Waals surface area contributed by atoms with Gasteiger partial charge in [-0.2, -0.15) is 0 Å². The third kappa shape index (κ3) is 2.63. The molecule has 2 aromatic rings. The van der Waals surface area contributed by atoms with Crippen LogP contribution in [-0.4, -0.2) is 24.1 Å². The quantitative estimate of drug-likeness (QED) is 0.811. The van der Waals surface area contributed by atoms with Crippen LogP contribution in [-0.2, 0) is 17.6 Å². The molecule has 4 nitrogen and oxygen atoms in total. The van der Waals surface area contributed by atoms with E-state index < -0.39 is 0 Å². The number of nitrogens with two attached hydrogens (primary N) is 1. The zero-order valence-corrected chi connectivity index (χ0v) is 11.5. The highest BCUT2D eigenvalue weighted by Gasteiger charge is 2.13. The first-order valence-electron chi connectivity index (χ1n) is 6.71. The Hall–Kier alpha value is -1.81. The molecule has 4 heteroatoms. The van der Waals surface area contributed by atoms with Crippen molar-refractivity contribution >= 4 is 16.9 Å². The van der Waals surface area contributed by atoms with E-state index in [1.807, 2.05) is 19.1 Å². The van der Waals surface area contributed by atoms with E-state index in [4.69, 9.17) is 10.5 Å². The summed E-state index contributed by atoms with van der Waals surface area (Å²) in [7, 11) is 0. The Kier molecular flexibility index (Phi) is 4.22. The van der Waals surface area contributed by atoms with Gasteiger partial charge in [0.15, 0.2) is 0 Å². The largest absolute Gasteiger partial charge is 0.462 e. The highest BCUT2D eigenvalue weighted by Crippen LogP contribution is 2.25. The number of ether oxygens (including phenoxy) is 1. The van der Waals surface area contributed by atoms with Gasteiger partial charge >= 0.3 is 5.97 Å². The first kappa shape index (κ1) is 13.6. The first-order valence-corrected chi connectivity index (χ1v) is 6.71. The fraction of sp³-hybridized carbons (Fsp3) is 0.400. The predicted molar refractivity (Wildman–Crippen MR) is 76.4 cm³/mol. The second-order valence-electron chi connectivity index (χ2n) is 4.46. The van der Waals surface area contributed by atoms with E-state index in [-0.39, 0.29) is 5.97 Å². The Morgan fingerprint density at radius 3 is 2.79 bits per heavy atom. The molecular formula is C15H20N2O2. The van der Waals surface area contributed by atoms with E-state index in [0.717, 1.165) is 23.7 Å². The highest BCUT2D eigenvalue weighted by atomic mass is 16.5. The summed E-state index contributed by atoms with van der Waals surface area (Å²) < 4.78 is 5.04. The molecule has 0 bridgehead atoms. The molecule has 0 aliphatic rings. The minimum atomic E-state index is -0.276. The molecule has 1 aromatic heterocycles. The number of fused-ring (bicyclic) bond motifs is 1. The van der Waals surface area contributed by atoms with Gasteiger partial charge in [-0.25, -0.2) is 4.79 Å². The van der Waals surface area contributed by atoms with Crippen LogP contribution in [0.25, 0.3) is 10.9 Å². The van der Waals surface area contributed by atoms with Gasteiger partial charge in [0, 0.05) is 16.6 Å². The number of hydrogen-bond donors (Lipinski definition) is 2. The second-order valence-corrected chi connectivity index (χ2v) is 4.46. The summed E-state index contributed by atoms with van der Waals surface area (Å²) in [6.45, 7) is 4.90. The average molecular weight is 260 g/mol. The van der Waals surface area contributed by atoms with E-state index >= 15 is 0 Å². The molecule has 1 heterocycles. The van der Waals surface area contributed by atoms with Crippen molar-refractivity contribution in [3.8, 4) is 0 Å². The third-order valence-electron chi connectivity index (χ3n) is 3.25. The summed E-state index contributed by atoms with van der Waals surface area (Å²) in [6.07, 6.45) is 1.74. The van der Waals surface area contributed by atoms with Crippen molar-refractivity contribution in [2.75, 3.05) is 13.2 Å². The predicted octanol–water partition coefficient (Wildman–Crippen LogP) is 2.41. The summed E-state index contributed by atoms with van der Waals surface area (Å²) in [5, 5.41) is 1.08. The van der Waals surface area contributed by atoms with Crippen LogP contribution in [0.1, 0.15) is 35.5 Å². The van der Waals surface area contributed by atoms with E-state index in [0.29, 0.717) is 18.7 Å². The Balaban J connectivity index is 2.50. The van der Waals surface area contributed by atoms with Crippen molar-refractivity contribution in [3.05, 3.63) is 35.0 Å². The number of carbonyl (C=O) groups excluding carboxylic acids is 1. The first-order chi connectivity index (χ1) is 9.21. The van der Waals surface area contributed by atoms with Crippen molar-refractivity contribution < 1.29 is 9.53 Å². The molecule has 0 saturated carbocycles. The molecular weight excluding hydrogens is 240 g/mol. The molecule has 0 unspecified atom stereocenters. The molecule has 0 aliphatic heterocycles. The number of H-pyrrole nitrogens is 1. The fourth-order valence-electron chi connectivity index (χ4n) is 2.38. The summed E-state index contributed by atoms with van der Waals surface area (Å²) in [6, 6.07) is 5.62. The number of esters is 1. The number of carbonyl (C=O) groups is 1. The van der Waals surface area contributed by atoms with Gasteiger partial charge in [-0.05, 0) is 50.1 Å². The van der Waals surface area contributed by atoms with E-state index in [2.05, 4.69) is 11.9 Å². The molecule has 0 atom stereocenters. The zero-order chi connectivity index (χ0) is 13.8.